The Morgan fingerprint density at radius 1 is 1.47 bits per heavy atom. The van der Waals surface area contributed by atoms with E-state index in [1.54, 1.807) is 0 Å². The van der Waals surface area contributed by atoms with Gasteiger partial charge in [0.05, 0.1) is 11.4 Å². The Morgan fingerprint density at radius 2 is 2.13 bits per heavy atom. The Bertz CT molecular complexity index is 281. The highest BCUT2D eigenvalue weighted by Crippen LogP contribution is 2.13. The third-order valence-corrected chi connectivity index (χ3v) is 2.32. The van der Waals surface area contributed by atoms with Gasteiger partial charge in [0.2, 0.25) is 0 Å². The normalized spacial score (nSPS) is 10.5. The molecule has 0 radical (unpaired) electrons. The second-order valence-electron chi connectivity index (χ2n) is 4.02. The summed E-state index contributed by atoms with van der Waals surface area (Å²) in [6.45, 7) is 8.51. The molecule has 0 aliphatic heterocycles. The molecule has 1 heterocycles. The van der Waals surface area contributed by atoms with Gasteiger partial charge in [0.1, 0.15) is 0 Å². The molecular formula is C11H22ClN3. The highest BCUT2D eigenvalue weighted by Gasteiger charge is 2.07. The summed E-state index contributed by atoms with van der Waals surface area (Å²) in [6, 6.07) is 2.19. The van der Waals surface area contributed by atoms with Crippen LogP contribution in [0.15, 0.2) is 6.07 Å². The van der Waals surface area contributed by atoms with Crippen LogP contribution in [0.2, 0.25) is 0 Å². The van der Waals surface area contributed by atoms with Crippen molar-refractivity contribution >= 4 is 12.4 Å². The maximum absolute atomic E-state index is 4.47. The predicted octanol–water partition coefficient (Wildman–Crippen LogP) is 2.46. The smallest absolute Gasteiger partial charge is 0.0653 e. The first-order chi connectivity index (χ1) is 6.65. The zero-order valence-electron chi connectivity index (χ0n) is 10.1. The van der Waals surface area contributed by atoms with Crippen LogP contribution >= 0.6 is 12.4 Å². The molecule has 1 aromatic heterocycles. The van der Waals surface area contributed by atoms with Crippen molar-refractivity contribution in [3.63, 3.8) is 0 Å². The lowest BCUT2D eigenvalue weighted by molar-refractivity contribution is 0.615. The van der Waals surface area contributed by atoms with Crippen LogP contribution in [0.1, 0.15) is 44.5 Å². The zero-order valence-corrected chi connectivity index (χ0v) is 10.9. The first-order valence-electron chi connectivity index (χ1n) is 5.38. The first-order valence-corrected chi connectivity index (χ1v) is 5.38. The summed E-state index contributed by atoms with van der Waals surface area (Å²) < 4.78 is 1.97. The molecule has 0 saturated heterocycles. The average Bonchev–Trinajstić information content (AvgIpc) is 2.49. The minimum atomic E-state index is 0. The van der Waals surface area contributed by atoms with E-state index in [1.165, 1.54) is 17.8 Å². The lowest BCUT2D eigenvalue weighted by Crippen LogP contribution is -2.16. The Hall–Kier alpha value is -0.540. The summed E-state index contributed by atoms with van der Waals surface area (Å²) in [5, 5.41) is 7.85. The molecule has 15 heavy (non-hydrogen) atoms. The molecule has 1 aromatic rings. The van der Waals surface area contributed by atoms with Gasteiger partial charge in [0, 0.05) is 13.6 Å². The number of hydrogen-bond acceptors (Lipinski definition) is 2. The fourth-order valence-corrected chi connectivity index (χ4v) is 1.37. The molecule has 0 amide bonds. The van der Waals surface area contributed by atoms with Crippen molar-refractivity contribution in [3.05, 3.63) is 17.5 Å². The fourth-order valence-electron chi connectivity index (χ4n) is 1.37. The van der Waals surface area contributed by atoms with Gasteiger partial charge in [-0.2, -0.15) is 5.10 Å². The Morgan fingerprint density at radius 3 is 2.60 bits per heavy atom. The van der Waals surface area contributed by atoms with Crippen LogP contribution in [-0.4, -0.2) is 16.3 Å². The van der Waals surface area contributed by atoms with Crippen LogP contribution in [0.3, 0.4) is 0 Å². The van der Waals surface area contributed by atoms with Gasteiger partial charge in [-0.25, -0.2) is 0 Å². The number of rotatable bonds is 5. The maximum atomic E-state index is 4.47. The number of aromatic nitrogens is 2. The summed E-state index contributed by atoms with van der Waals surface area (Å²) in [4.78, 5) is 0. The van der Waals surface area contributed by atoms with Crippen molar-refractivity contribution in [2.45, 2.75) is 39.7 Å². The van der Waals surface area contributed by atoms with Gasteiger partial charge in [-0.3, -0.25) is 4.68 Å². The second kappa shape index (κ2) is 6.85. The molecule has 0 spiro atoms. The molecule has 0 unspecified atom stereocenters. The van der Waals surface area contributed by atoms with Gasteiger partial charge in [-0.1, -0.05) is 20.8 Å². The van der Waals surface area contributed by atoms with Gasteiger partial charge in [-0.05, 0) is 24.9 Å². The van der Waals surface area contributed by atoms with E-state index in [4.69, 9.17) is 0 Å². The summed E-state index contributed by atoms with van der Waals surface area (Å²) in [7, 11) is 2.01. The van der Waals surface area contributed by atoms with E-state index in [2.05, 4.69) is 37.3 Å². The quantitative estimate of drug-likeness (QED) is 0.790. The molecule has 0 aliphatic carbocycles. The van der Waals surface area contributed by atoms with E-state index >= 15 is 0 Å². The molecule has 0 aliphatic rings. The molecule has 4 heteroatoms. The minimum Gasteiger partial charge on any atom is -0.311 e. The highest BCUT2D eigenvalue weighted by atomic mass is 35.5. The highest BCUT2D eigenvalue weighted by molar-refractivity contribution is 5.85. The number of hydrogen-bond donors (Lipinski definition) is 1. The second-order valence-corrected chi connectivity index (χ2v) is 4.02. The van der Waals surface area contributed by atoms with Gasteiger partial charge in [-0.15, -0.1) is 12.4 Å². The third kappa shape index (κ3) is 4.22. The van der Waals surface area contributed by atoms with Crippen LogP contribution < -0.4 is 5.32 Å². The molecule has 3 nitrogen and oxygen atoms in total. The molecule has 1 N–H and O–H groups in total. The molecule has 88 valence electrons. The Balaban J connectivity index is 0.00000196. The van der Waals surface area contributed by atoms with Crippen LogP contribution in [-0.2, 0) is 13.6 Å². The van der Waals surface area contributed by atoms with Crippen LogP contribution in [0.5, 0.6) is 0 Å². The Kier molecular flexibility index (Phi) is 6.61. The number of aryl methyl sites for hydroxylation is 1. The van der Waals surface area contributed by atoms with E-state index < -0.39 is 0 Å². The summed E-state index contributed by atoms with van der Waals surface area (Å²) in [5.41, 5.74) is 2.45. The van der Waals surface area contributed by atoms with Gasteiger partial charge >= 0.3 is 0 Å². The van der Waals surface area contributed by atoms with E-state index in [0.29, 0.717) is 5.92 Å². The summed E-state index contributed by atoms with van der Waals surface area (Å²) >= 11 is 0. The Labute approximate surface area is 98.7 Å². The lowest BCUT2D eigenvalue weighted by atomic mass is 10.1. The lowest BCUT2D eigenvalue weighted by Gasteiger charge is -2.02. The van der Waals surface area contributed by atoms with Crippen LogP contribution in [0.4, 0.5) is 0 Å². The average molecular weight is 232 g/mol. The van der Waals surface area contributed by atoms with Crippen molar-refractivity contribution < 1.29 is 0 Å². The van der Waals surface area contributed by atoms with Crippen LogP contribution in [0.25, 0.3) is 0 Å². The number of nitrogens with one attached hydrogen (secondary N) is 1. The molecule has 0 fully saturated rings. The molecule has 0 atom stereocenters. The van der Waals surface area contributed by atoms with Gasteiger partial charge < -0.3 is 5.32 Å². The molecular weight excluding hydrogens is 210 g/mol. The largest absolute Gasteiger partial charge is 0.311 e. The fraction of sp³-hybridized carbons (Fsp3) is 0.727. The zero-order chi connectivity index (χ0) is 10.6. The molecule has 1 rings (SSSR count). The SMILES string of the molecule is CCCNCc1cc(C(C)C)nn1C.Cl. The van der Waals surface area contributed by atoms with E-state index in [0.717, 1.165) is 13.1 Å². The third-order valence-electron chi connectivity index (χ3n) is 2.32. The van der Waals surface area contributed by atoms with Gasteiger partial charge in [0.15, 0.2) is 0 Å². The van der Waals surface area contributed by atoms with E-state index in [1.807, 2.05) is 11.7 Å². The molecule has 0 aromatic carbocycles. The van der Waals surface area contributed by atoms with Crippen molar-refractivity contribution in [3.8, 4) is 0 Å². The van der Waals surface area contributed by atoms with E-state index in [-0.39, 0.29) is 12.4 Å². The van der Waals surface area contributed by atoms with Crippen molar-refractivity contribution in [1.82, 2.24) is 15.1 Å². The maximum Gasteiger partial charge on any atom is 0.0653 e. The van der Waals surface area contributed by atoms with E-state index in [9.17, 15) is 0 Å². The molecule has 0 bridgehead atoms. The number of nitrogens with zero attached hydrogens (tertiary/aromatic N) is 2. The monoisotopic (exact) mass is 231 g/mol. The van der Waals surface area contributed by atoms with Crippen molar-refractivity contribution in [1.29, 1.82) is 0 Å². The van der Waals surface area contributed by atoms with Crippen LogP contribution in [0, 0.1) is 0 Å². The molecule has 0 saturated carbocycles. The standard InChI is InChI=1S/C11H21N3.ClH/c1-5-6-12-8-10-7-11(9(2)3)13-14(10)4;/h7,9,12H,5-6,8H2,1-4H3;1H. The minimum absolute atomic E-state index is 0. The number of halogens is 1. The van der Waals surface area contributed by atoms with Crippen molar-refractivity contribution in [2.75, 3.05) is 6.54 Å². The first kappa shape index (κ1) is 14.5. The predicted molar refractivity (Wildman–Crippen MR) is 66.5 cm³/mol. The summed E-state index contributed by atoms with van der Waals surface area (Å²) in [5.74, 6) is 0.515. The van der Waals surface area contributed by atoms with Gasteiger partial charge in [0.25, 0.3) is 0 Å². The van der Waals surface area contributed by atoms with Crippen molar-refractivity contribution in [2.24, 2.45) is 7.05 Å². The topological polar surface area (TPSA) is 29.9 Å². The summed E-state index contributed by atoms with van der Waals surface area (Å²) in [6.07, 6.45) is 1.18.